The minimum Gasteiger partial charge on any atom is -0.354 e. The molecule has 0 fully saturated rings. The highest BCUT2D eigenvalue weighted by Crippen LogP contribution is 2.22. The summed E-state index contributed by atoms with van der Waals surface area (Å²) in [7, 11) is -3.37. The van der Waals surface area contributed by atoms with Crippen molar-refractivity contribution >= 4 is 21.7 Å². The number of carbonyl (C=O) groups is 2. The number of amides is 2. The van der Waals surface area contributed by atoms with Gasteiger partial charge in [0.25, 0.3) is 5.91 Å². The Balaban J connectivity index is 1.80. The van der Waals surface area contributed by atoms with Crippen LogP contribution in [0.2, 0.25) is 0 Å². The Kier molecular flexibility index (Phi) is 7.78. The zero-order valence-electron chi connectivity index (χ0n) is 17.9. The van der Waals surface area contributed by atoms with Gasteiger partial charge in [0.15, 0.2) is 9.84 Å². The molecule has 162 valence electrons. The molecule has 2 N–H and O–H groups in total. The second kappa shape index (κ2) is 9.89. The van der Waals surface area contributed by atoms with E-state index in [4.69, 9.17) is 0 Å². The van der Waals surface area contributed by atoms with Crippen LogP contribution in [0.15, 0.2) is 59.5 Å². The molecule has 30 heavy (non-hydrogen) atoms. The summed E-state index contributed by atoms with van der Waals surface area (Å²) in [5.41, 5.74) is 1.60. The van der Waals surface area contributed by atoms with Gasteiger partial charge in [0.1, 0.15) is 6.04 Å². The molecule has 0 aliphatic rings. The lowest BCUT2D eigenvalue weighted by Crippen LogP contribution is -2.45. The highest BCUT2D eigenvalue weighted by Gasteiger charge is 2.19. The second-order valence-electron chi connectivity index (χ2n) is 8.30. The normalized spacial score (nSPS) is 12.8. The molecule has 2 aromatic carbocycles. The van der Waals surface area contributed by atoms with Gasteiger partial charge >= 0.3 is 0 Å². The Morgan fingerprint density at radius 2 is 1.57 bits per heavy atom. The Hall–Kier alpha value is -2.67. The molecule has 2 aromatic rings. The van der Waals surface area contributed by atoms with Crippen molar-refractivity contribution in [1.29, 1.82) is 0 Å². The molecule has 0 bridgehead atoms. The molecule has 6 nitrogen and oxygen atoms in total. The lowest BCUT2D eigenvalue weighted by molar-refractivity contribution is -0.122. The molecule has 7 heteroatoms. The molecule has 0 spiro atoms. The van der Waals surface area contributed by atoms with E-state index in [9.17, 15) is 18.0 Å². The van der Waals surface area contributed by atoms with Gasteiger partial charge in [-0.2, -0.15) is 0 Å². The first-order chi connectivity index (χ1) is 14.0. The zero-order valence-corrected chi connectivity index (χ0v) is 18.8. The first kappa shape index (κ1) is 23.6. The van der Waals surface area contributed by atoms with Crippen molar-refractivity contribution in [3.63, 3.8) is 0 Å². The standard InChI is InChI=1S/C23H30N2O4S/c1-17(25-22(27)18-11-13-19(14-12-18)23(2,3)4)21(26)24-15-8-16-30(28,29)20-9-6-5-7-10-20/h5-7,9-14,17H,8,15-16H2,1-4H3,(H,24,26)(H,25,27). The minimum atomic E-state index is -3.37. The summed E-state index contributed by atoms with van der Waals surface area (Å²) in [4.78, 5) is 24.9. The van der Waals surface area contributed by atoms with Crippen molar-refractivity contribution in [2.75, 3.05) is 12.3 Å². The Morgan fingerprint density at radius 3 is 2.13 bits per heavy atom. The van der Waals surface area contributed by atoms with Gasteiger partial charge in [0, 0.05) is 12.1 Å². The molecule has 0 aromatic heterocycles. The number of sulfone groups is 1. The van der Waals surface area contributed by atoms with Crippen molar-refractivity contribution < 1.29 is 18.0 Å². The van der Waals surface area contributed by atoms with Crippen LogP contribution in [0.4, 0.5) is 0 Å². The molecule has 0 radical (unpaired) electrons. The fraction of sp³-hybridized carbons (Fsp3) is 0.391. The molecule has 1 atom stereocenters. The van der Waals surface area contributed by atoms with Crippen molar-refractivity contribution in [2.45, 2.75) is 50.5 Å². The van der Waals surface area contributed by atoms with E-state index in [0.717, 1.165) is 5.56 Å². The average molecular weight is 431 g/mol. The van der Waals surface area contributed by atoms with E-state index in [0.29, 0.717) is 5.56 Å². The third-order valence-electron chi connectivity index (χ3n) is 4.75. The van der Waals surface area contributed by atoms with Crippen molar-refractivity contribution in [3.05, 3.63) is 65.7 Å². The van der Waals surface area contributed by atoms with Crippen LogP contribution < -0.4 is 10.6 Å². The van der Waals surface area contributed by atoms with Crippen LogP contribution in [0, 0.1) is 0 Å². The van der Waals surface area contributed by atoms with Crippen molar-refractivity contribution in [2.24, 2.45) is 0 Å². The Morgan fingerprint density at radius 1 is 0.967 bits per heavy atom. The van der Waals surface area contributed by atoms with Gasteiger partial charge in [0.2, 0.25) is 5.91 Å². The molecule has 2 amide bonds. The van der Waals surface area contributed by atoms with Crippen LogP contribution in [0.25, 0.3) is 0 Å². The molecule has 0 saturated heterocycles. The topological polar surface area (TPSA) is 92.3 Å². The van der Waals surface area contributed by atoms with E-state index in [-0.39, 0.29) is 40.8 Å². The van der Waals surface area contributed by atoms with Crippen LogP contribution in [-0.2, 0) is 20.0 Å². The molecular formula is C23H30N2O4S. The van der Waals surface area contributed by atoms with Crippen molar-refractivity contribution in [3.8, 4) is 0 Å². The quantitative estimate of drug-likeness (QED) is 0.630. The average Bonchev–Trinajstić information content (AvgIpc) is 2.71. The largest absolute Gasteiger partial charge is 0.354 e. The molecule has 0 saturated carbocycles. The number of benzene rings is 2. The predicted molar refractivity (Wildman–Crippen MR) is 118 cm³/mol. The number of carbonyl (C=O) groups excluding carboxylic acids is 2. The molecule has 2 rings (SSSR count). The minimum absolute atomic E-state index is 0.00379. The van der Waals surface area contributed by atoms with Crippen LogP contribution in [0.3, 0.4) is 0 Å². The maximum Gasteiger partial charge on any atom is 0.251 e. The zero-order chi connectivity index (χ0) is 22.4. The SMILES string of the molecule is CC(NC(=O)c1ccc(C(C)(C)C)cc1)C(=O)NCCCS(=O)(=O)c1ccccc1. The third-order valence-corrected chi connectivity index (χ3v) is 6.56. The van der Waals surface area contributed by atoms with Gasteiger partial charge in [0.05, 0.1) is 10.6 Å². The molecule has 0 aliphatic heterocycles. The molecule has 1 unspecified atom stereocenters. The summed E-state index contributed by atoms with van der Waals surface area (Å²) in [5.74, 6) is -0.741. The maximum absolute atomic E-state index is 12.4. The van der Waals surface area contributed by atoms with Crippen LogP contribution in [0.5, 0.6) is 0 Å². The number of hydrogen-bond donors (Lipinski definition) is 2. The lowest BCUT2D eigenvalue weighted by Gasteiger charge is -2.19. The fourth-order valence-electron chi connectivity index (χ4n) is 2.84. The van der Waals surface area contributed by atoms with E-state index in [1.165, 1.54) is 0 Å². The number of nitrogens with one attached hydrogen (secondary N) is 2. The van der Waals surface area contributed by atoms with Gasteiger partial charge < -0.3 is 10.6 Å². The summed E-state index contributed by atoms with van der Waals surface area (Å²) in [6.07, 6.45) is 0.290. The number of hydrogen-bond acceptors (Lipinski definition) is 4. The summed E-state index contributed by atoms with van der Waals surface area (Å²) in [5, 5.41) is 5.34. The Bertz CT molecular complexity index is 963. The smallest absolute Gasteiger partial charge is 0.251 e. The lowest BCUT2D eigenvalue weighted by atomic mass is 9.86. The first-order valence-electron chi connectivity index (χ1n) is 9.97. The van der Waals surface area contributed by atoms with E-state index in [2.05, 4.69) is 31.4 Å². The molecule has 0 heterocycles. The fourth-order valence-corrected chi connectivity index (χ4v) is 4.17. The summed E-state index contributed by atoms with van der Waals surface area (Å²) in [6.45, 7) is 8.10. The number of rotatable bonds is 8. The van der Waals surface area contributed by atoms with Crippen molar-refractivity contribution in [1.82, 2.24) is 10.6 Å². The summed E-state index contributed by atoms with van der Waals surface area (Å²) in [6, 6.07) is 14.8. The first-order valence-corrected chi connectivity index (χ1v) is 11.6. The van der Waals surface area contributed by atoms with E-state index < -0.39 is 15.9 Å². The third kappa shape index (κ3) is 6.69. The van der Waals surface area contributed by atoms with Gasteiger partial charge in [-0.1, -0.05) is 51.1 Å². The van der Waals surface area contributed by atoms with E-state index in [1.54, 1.807) is 49.4 Å². The predicted octanol–water partition coefficient (Wildman–Crippen LogP) is 3.08. The van der Waals surface area contributed by atoms with Crippen LogP contribution in [0.1, 0.15) is 50.0 Å². The highest BCUT2D eigenvalue weighted by molar-refractivity contribution is 7.91. The summed E-state index contributed by atoms with van der Waals surface area (Å²) >= 11 is 0. The van der Waals surface area contributed by atoms with Gasteiger partial charge in [-0.3, -0.25) is 9.59 Å². The summed E-state index contributed by atoms with van der Waals surface area (Å²) < 4.78 is 24.5. The highest BCUT2D eigenvalue weighted by atomic mass is 32.2. The molecule has 0 aliphatic carbocycles. The van der Waals surface area contributed by atoms with E-state index >= 15 is 0 Å². The molecular weight excluding hydrogens is 400 g/mol. The Labute approximate surface area is 179 Å². The van der Waals surface area contributed by atoms with Gasteiger partial charge in [-0.25, -0.2) is 8.42 Å². The maximum atomic E-state index is 12.4. The van der Waals surface area contributed by atoms with Gasteiger partial charge in [-0.15, -0.1) is 0 Å². The van der Waals surface area contributed by atoms with Crippen LogP contribution in [-0.4, -0.2) is 38.6 Å². The van der Waals surface area contributed by atoms with E-state index in [1.807, 2.05) is 12.1 Å². The monoisotopic (exact) mass is 430 g/mol. The second-order valence-corrected chi connectivity index (χ2v) is 10.4. The van der Waals surface area contributed by atoms with Gasteiger partial charge in [-0.05, 0) is 48.6 Å². The van der Waals surface area contributed by atoms with Crippen LogP contribution >= 0.6 is 0 Å².